The second-order valence-corrected chi connectivity index (χ2v) is 4.11. The zero-order chi connectivity index (χ0) is 12.8. The van der Waals surface area contributed by atoms with Crippen molar-refractivity contribution in [3.8, 4) is 0 Å². The Morgan fingerprint density at radius 2 is 2.18 bits per heavy atom. The number of carbonyl (C=O) groups excluding carboxylic acids is 1. The SMILES string of the molecule is CC(C)c1ccoc1C(=O)NCCCC(=O)O. The number of aliphatic carboxylic acids is 1. The lowest BCUT2D eigenvalue weighted by Crippen LogP contribution is -2.25. The molecular formula is C12H17NO4. The van der Waals surface area contributed by atoms with Gasteiger partial charge in [0.15, 0.2) is 5.76 Å². The summed E-state index contributed by atoms with van der Waals surface area (Å²) in [6.07, 6.45) is 1.95. The van der Waals surface area contributed by atoms with Crippen molar-refractivity contribution in [1.29, 1.82) is 0 Å². The van der Waals surface area contributed by atoms with Gasteiger partial charge in [0.2, 0.25) is 0 Å². The minimum Gasteiger partial charge on any atom is -0.481 e. The Balaban J connectivity index is 2.47. The van der Waals surface area contributed by atoms with E-state index in [2.05, 4.69) is 5.32 Å². The lowest BCUT2D eigenvalue weighted by atomic mass is 10.0. The molecule has 1 aromatic heterocycles. The molecular weight excluding hydrogens is 222 g/mol. The average Bonchev–Trinajstić information content (AvgIpc) is 2.72. The van der Waals surface area contributed by atoms with Gasteiger partial charge in [0.25, 0.3) is 5.91 Å². The summed E-state index contributed by atoms with van der Waals surface area (Å²) in [6.45, 7) is 4.29. The molecule has 0 aliphatic heterocycles. The van der Waals surface area contributed by atoms with Gasteiger partial charge in [0.05, 0.1) is 6.26 Å². The maximum Gasteiger partial charge on any atom is 0.303 e. The van der Waals surface area contributed by atoms with Crippen LogP contribution in [-0.4, -0.2) is 23.5 Å². The molecule has 0 bridgehead atoms. The van der Waals surface area contributed by atoms with E-state index < -0.39 is 5.97 Å². The Morgan fingerprint density at radius 1 is 1.47 bits per heavy atom. The van der Waals surface area contributed by atoms with E-state index in [9.17, 15) is 9.59 Å². The van der Waals surface area contributed by atoms with Crippen molar-refractivity contribution in [1.82, 2.24) is 5.32 Å². The van der Waals surface area contributed by atoms with Crippen molar-refractivity contribution in [3.05, 3.63) is 23.7 Å². The fourth-order valence-electron chi connectivity index (χ4n) is 1.48. The first-order valence-corrected chi connectivity index (χ1v) is 5.59. The third-order valence-corrected chi connectivity index (χ3v) is 2.38. The van der Waals surface area contributed by atoms with Crippen LogP contribution in [0.3, 0.4) is 0 Å². The molecule has 5 heteroatoms. The maximum atomic E-state index is 11.7. The van der Waals surface area contributed by atoms with Crippen LogP contribution in [0.4, 0.5) is 0 Å². The molecule has 0 radical (unpaired) electrons. The molecule has 0 fully saturated rings. The molecule has 94 valence electrons. The van der Waals surface area contributed by atoms with Crippen LogP contribution in [-0.2, 0) is 4.79 Å². The number of hydrogen-bond donors (Lipinski definition) is 2. The number of rotatable bonds is 6. The Morgan fingerprint density at radius 3 is 2.76 bits per heavy atom. The summed E-state index contributed by atoms with van der Waals surface area (Å²) in [5.41, 5.74) is 0.862. The molecule has 1 aromatic rings. The second-order valence-electron chi connectivity index (χ2n) is 4.11. The van der Waals surface area contributed by atoms with Crippen molar-refractivity contribution in [2.45, 2.75) is 32.6 Å². The fraction of sp³-hybridized carbons (Fsp3) is 0.500. The molecule has 0 aromatic carbocycles. The molecule has 0 atom stereocenters. The summed E-state index contributed by atoms with van der Waals surface area (Å²) in [5.74, 6) is -0.618. The molecule has 1 rings (SSSR count). The number of amides is 1. The van der Waals surface area contributed by atoms with Crippen molar-refractivity contribution in [3.63, 3.8) is 0 Å². The molecule has 2 N–H and O–H groups in total. The van der Waals surface area contributed by atoms with Crippen LogP contribution in [0.15, 0.2) is 16.7 Å². The normalized spacial score (nSPS) is 10.5. The summed E-state index contributed by atoms with van der Waals surface area (Å²) in [4.78, 5) is 22.0. The minimum atomic E-state index is -0.861. The average molecular weight is 239 g/mol. The summed E-state index contributed by atoms with van der Waals surface area (Å²) >= 11 is 0. The zero-order valence-electron chi connectivity index (χ0n) is 10.0. The molecule has 1 heterocycles. The number of hydrogen-bond acceptors (Lipinski definition) is 3. The molecule has 0 aliphatic rings. The van der Waals surface area contributed by atoms with Crippen LogP contribution in [0.1, 0.15) is 48.7 Å². The van der Waals surface area contributed by atoms with Gasteiger partial charge in [0, 0.05) is 18.5 Å². The highest BCUT2D eigenvalue weighted by molar-refractivity contribution is 5.93. The van der Waals surface area contributed by atoms with Crippen LogP contribution in [0.5, 0.6) is 0 Å². The van der Waals surface area contributed by atoms with E-state index in [0.717, 1.165) is 5.56 Å². The molecule has 17 heavy (non-hydrogen) atoms. The van der Waals surface area contributed by atoms with Gasteiger partial charge in [-0.05, 0) is 18.4 Å². The molecule has 0 unspecified atom stereocenters. The first kappa shape index (κ1) is 13.3. The molecule has 0 saturated heterocycles. The predicted octanol–water partition coefficient (Wildman–Crippen LogP) is 2.00. The maximum absolute atomic E-state index is 11.7. The van der Waals surface area contributed by atoms with Gasteiger partial charge in [-0.1, -0.05) is 13.8 Å². The summed E-state index contributed by atoms with van der Waals surface area (Å²) in [5, 5.41) is 11.1. The molecule has 1 amide bonds. The highest BCUT2D eigenvalue weighted by atomic mass is 16.4. The zero-order valence-corrected chi connectivity index (χ0v) is 10.0. The number of nitrogens with one attached hydrogen (secondary N) is 1. The van der Waals surface area contributed by atoms with Crippen molar-refractivity contribution >= 4 is 11.9 Å². The molecule has 5 nitrogen and oxygen atoms in total. The van der Waals surface area contributed by atoms with Gasteiger partial charge in [-0.3, -0.25) is 9.59 Å². The van der Waals surface area contributed by atoms with Crippen LogP contribution >= 0.6 is 0 Å². The summed E-state index contributed by atoms with van der Waals surface area (Å²) in [6, 6.07) is 1.77. The third kappa shape index (κ3) is 3.94. The molecule has 0 spiro atoms. The van der Waals surface area contributed by atoms with E-state index in [1.54, 1.807) is 6.07 Å². The Bertz CT molecular complexity index is 395. The first-order chi connectivity index (χ1) is 8.02. The van der Waals surface area contributed by atoms with Crippen LogP contribution in [0.25, 0.3) is 0 Å². The van der Waals surface area contributed by atoms with E-state index in [4.69, 9.17) is 9.52 Å². The van der Waals surface area contributed by atoms with Crippen LogP contribution < -0.4 is 5.32 Å². The van der Waals surface area contributed by atoms with E-state index in [1.165, 1.54) is 6.26 Å². The predicted molar refractivity (Wildman–Crippen MR) is 62.0 cm³/mol. The molecule has 0 saturated carbocycles. The van der Waals surface area contributed by atoms with Crippen molar-refractivity contribution in [2.75, 3.05) is 6.54 Å². The van der Waals surface area contributed by atoms with E-state index in [0.29, 0.717) is 18.7 Å². The van der Waals surface area contributed by atoms with Crippen LogP contribution in [0.2, 0.25) is 0 Å². The van der Waals surface area contributed by atoms with Crippen molar-refractivity contribution < 1.29 is 19.1 Å². The summed E-state index contributed by atoms with van der Waals surface area (Å²) < 4.78 is 5.14. The highest BCUT2D eigenvalue weighted by Gasteiger charge is 2.16. The monoisotopic (exact) mass is 239 g/mol. The topological polar surface area (TPSA) is 79.5 Å². The smallest absolute Gasteiger partial charge is 0.303 e. The number of carbonyl (C=O) groups is 2. The van der Waals surface area contributed by atoms with Gasteiger partial charge < -0.3 is 14.8 Å². The van der Waals surface area contributed by atoms with Crippen molar-refractivity contribution in [2.24, 2.45) is 0 Å². The van der Waals surface area contributed by atoms with Gasteiger partial charge >= 0.3 is 5.97 Å². The van der Waals surface area contributed by atoms with E-state index in [1.807, 2.05) is 13.8 Å². The highest BCUT2D eigenvalue weighted by Crippen LogP contribution is 2.20. The lowest BCUT2D eigenvalue weighted by Gasteiger charge is -2.06. The Kier molecular flexibility index (Phi) is 4.75. The second kappa shape index (κ2) is 6.08. The van der Waals surface area contributed by atoms with E-state index >= 15 is 0 Å². The third-order valence-electron chi connectivity index (χ3n) is 2.38. The van der Waals surface area contributed by atoms with Crippen LogP contribution in [0, 0.1) is 0 Å². The minimum absolute atomic E-state index is 0.0511. The van der Waals surface area contributed by atoms with Gasteiger partial charge in [-0.25, -0.2) is 0 Å². The number of furan rings is 1. The lowest BCUT2D eigenvalue weighted by molar-refractivity contribution is -0.137. The molecule has 0 aliphatic carbocycles. The number of carboxylic acids is 1. The van der Waals surface area contributed by atoms with Gasteiger partial charge in [-0.2, -0.15) is 0 Å². The standard InChI is InChI=1S/C12H17NO4/c1-8(2)9-5-7-17-11(9)12(16)13-6-3-4-10(14)15/h5,7-8H,3-4,6H2,1-2H3,(H,13,16)(H,14,15). The summed E-state index contributed by atoms with van der Waals surface area (Å²) in [7, 11) is 0. The van der Waals surface area contributed by atoms with Gasteiger partial charge in [0.1, 0.15) is 0 Å². The van der Waals surface area contributed by atoms with Gasteiger partial charge in [-0.15, -0.1) is 0 Å². The Labute approximate surface area is 99.8 Å². The van der Waals surface area contributed by atoms with E-state index in [-0.39, 0.29) is 18.2 Å². The fourth-order valence-corrected chi connectivity index (χ4v) is 1.48. The largest absolute Gasteiger partial charge is 0.481 e. The quantitative estimate of drug-likeness (QED) is 0.744. The number of carboxylic acid groups (broad SMARTS) is 1. The first-order valence-electron chi connectivity index (χ1n) is 5.59. The Hall–Kier alpha value is -1.78.